The summed E-state index contributed by atoms with van der Waals surface area (Å²) in [5, 5.41) is 13.1. The number of rotatable bonds is 2. The van der Waals surface area contributed by atoms with Crippen LogP contribution in [0.1, 0.15) is 5.01 Å². The molecule has 76 valence electrons. The fourth-order valence-corrected chi connectivity index (χ4v) is 2.01. The molecule has 0 aliphatic rings. The summed E-state index contributed by atoms with van der Waals surface area (Å²) in [6, 6.07) is 3.62. The first kappa shape index (κ1) is 8.57. The second-order valence-corrected chi connectivity index (χ2v) is 3.94. The van der Waals surface area contributed by atoms with E-state index in [1.807, 2.05) is 6.07 Å². The monoisotopic (exact) mass is 221 g/mol. The predicted octanol–water partition coefficient (Wildman–Crippen LogP) is 0.904. The summed E-state index contributed by atoms with van der Waals surface area (Å²) in [4.78, 5) is 0.724. The van der Waals surface area contributed by atoms with Crippen LogP contribution in [0.3, 0.4) is 0 Å². The lowest BCUT2D eigenvalue weighted by molar-refractivity contribution is 0.574. The van der Waals surface area contributed by atoms with Gasteiger partial charge in [0.2, 0.25) is 10.8 Å². The van der Waals surface area contributed by atoms with Crippen molar-refractivity contribution < 1.29 is 4.42 Å². The number of fused-ring (bicyclic) bond motifs is 1. The van der Waals surface area contributed by atoms with Crippen LogP contribution in [-0.2, 0) is 6.54 Å². The number of furan rings is 1. The molecule has 0 saturated carbocycles. The highest BCUT2D eigenvalue weighted by atomic mass is 32.1. The zero-order valence-corrected chi connectivity index (χ0v) is 8.44. The van der Waals surface area contributed by atoms with Crippen molar-refractivity contribution in [1.29, 1.82) is 0 Å². The van der Waals surface area contributed by atoms with Crippen LogP contribution in [0.5, 0.6) is 0 Å². The number of hydrogen-bond acceptors (Lipinski definition) is 6. The molecule has 3 rings (SSSR count). The Morgan fingerprint density at radius 3 is 3.13 bits per heavy atom. The summed E-state index contributed by atoms with van der Waals surface area (Å²) in [7, 11) is 0. The van der Waals surface area contributed by atoms with Crippen molar-refractivity contribution in [2.24, 2.45) is 5.73 Å². The van der Waals surface area contributed by atoms with Crippen molar-refractivity contribution in [3.8, 4) is 11.6 Å². The van der Waals surface area contributed by atoms with Gasteiger partial charge in [0.05, 0.1) is 6.26 Å². The van der Waals surface area contributed by atoms with Gasteiger partial charge < -0.3 is 10.2 Å². The molecule has 6 nitrogen and oxygen atoms in total. The molecule has 0 atom stereocenters. The van der Waals surface area contributed by atoms with Gasteiger partial charge in [-0.3, -0.25) is 0 Å². The molecule has 0 aliphatic heterocycles. The molecule has 0 unspecified atom stereocenters. The standard InChI is InChI=1S/C8H7N5OS/c9-4-6-12-13-7(5-2-1-3-14-5)10-11-8(13)15-6/h1-3H,4,9H2. The summed E-state index contributed by atoms with van der Waals surface area (Å²) >= 11 is 1.43. The molecule has 2 N–H and O–H groups in total. The molecule has 0 spiro atoms. The van der Waals surface area contributed by atoms with Gasteiger partial charge in [0.15, 0.2) is 5.76 Å². The number of hydrogen-bond donors (Lipinski definition) is 1. The third kappa shape index (κ3) is 1.24. The van der Waals surface area contributed by atoms with Crippen LogP contribution < -0.4 is 5.73 Å². The minimum Gasteiger partial charge on any atom is -0.461 e. The number of nitrogens with zero attached hydrogens (tertiary/aromatic N) is 4. The van der Waals surface area contributed by atoms with Crippen LogP contribution in [0.4, 0.5) is 0 Å². The molecule has 7 heteroatoms. The van der Waals surface area contributed by atoms with E-state index in [0.717, 1.165) is 9.97 Å². The van der Waals surface area contributed by atoms with E-state index in [4.69, 9.17) is 10.2 Å². The van der Waals surface area contributed by atoms with E-state index in [0.29, 0.717) is 18.1 Å². The Kier molecular flexibility index (Phi) is 1.79. The summed E-state index contributed by atoms with van der Waals surface area (Å²) < 4.78 is 6.88. The highest BCUT2D eigenvalue weighted by molar-refractivity contribution is 7.16. The Labute approximate surface area is 88.3 Å². The SMILES string of the molecule is NCc1nn2c(-c3ccco3)nnc2s1. The molecule has 0 aliphatic carbocycles. The highest BCUT2D eigenvalue weighted by Crippen LogP contribution is 2.21. The van der Waals surface area contributed by atoms with Crippen LogP contribution in [0.25, 0.3) is 16.5 Å². The average Bonchev–Trinajstić information content (AvgIpc) is 2.92. The zero-order chi connectivity index (χ0) is 10.3. The van der Waals surface area contributed by atoms with Crippen LogP contribution in [0.15, 0.2) is 22.8 Å². The van der Waals surface area contributed by atoms with Crippen LogP contribution >= 0.6 is 11.3 Å². The summed E-state index contributed by atoms with van der Waals surface area (Å²) in [5.41, 5.74) is 5.50. The first-order valence-corrected chi connectivity index (χ1v) is 5.15. The molecule has 3 aromatic heterocycles. The molecule has 3 heterocycles. The van der Waals surface area contributed by atoms with Gasteiger partial charge in [0.1, 0.15) is 5.01 Å². The number of nitrogens with two attached hydrogens (primary N) is 1. The normalized spacial score (nSPS) is 11.3. The Bertz CT molecular complexity index is 581. The van der Waals surface area contributed by atoms with Gasteiger partial charge >= 0.3 is 0 Å². The van der Waals surface area contributed by atoms with Gasteiger partial charge in [-0.1, -0.05) is 11.3 Å². The van der Waals surface area contributed by atoms with Crippen molar-refractivity contribution in [2.45, 2.75) is 6.54 Å². The molecular weight excluding hydrogens is 214 g/mol. The largest absolute Gasteiger partial charge is 0.461 e. The first-order chi connectivity index (χ1) is 7.38. The molecule has 0 saturated heterocycles. The van der Waals surface area contributed by atoms with E-state index in [9.17, 15) is 0 Å². The van der Waals surface area contributed by atoms with E-state index in [-0.39, 0.29) is 0 Å². The average molecular weight is 221 g/mol. The Hall–Kier alpha value is -1.73. The maximum atomic E-state index is 5.50. The lowest BCUT2D eigenvalue weighted by Crippen LogP contribution is -1.97. The maximum Gasteiger partial charge on any atom is 0.235 e. The van der Waals surface area contributed by atoms with Crippen molar-refractivity contribution in [3.05, 3.63) is 23.4 Å². The van der Waals surface area contributed by atoms with E-state index in [2.05, 4.69) is 15.3 Å². The van der Waals surface area contributed by atoms with Crippen LogP contribution in [0.2, 0.25) is 0 Å². The molecule has 0 aromatic carbocycles. The Morgan fingerprint density at radius 1 is 1.47 bits per heavy atom. The van der Waals surface area contributed by atoms with Crippen molar-refractivity contribution in [1.82, 2.24) is 19.8 Å². The fourth-order valence-electron chi connectivity index (χ4n) is 1.30. The number of aromatic nitrogens is 4. The summed E-state index contributed by atoms with van der Waals surface area (Å²) in [6.45, 7) is 0.408. The molecule has 0 amide bonds. The third-order valence-corrected chi connectivity index (χ3v) is 2.87. The Morgan fingerprint density at radius 2 is 2.40 bits per heavy atom. The minimum atomic E-state index is 0.408. The van der Waals surface area contributed by atoms with Crippen molar-refractivity contribution >= 4 is 16.3 Å². The van der Waals surface area contributed by atoms with Gasteiger partial charge in [0.25, 0.3) is 0 Å². The molecular formula is C8H7N5OS. The van der Waals surface area contributed by atoms with E-state index in [1.165, 1.54) is 11.3 Å². The lowest BCUT2D eigenvalue weighted by Gasteiger charge is -1.89. The van der Waals surface area contributed by atoms with E-state index in [1.54, 1.807) is 16.8 Å². The van der Waals surface area contributed by atoms with Gasteiger partial charge in [-0.15, -0.1) is 10.2 Å². The minimum absolute atomic E-state index is 0.408. The molecule has 0 radical (unpaired) electrons. The van der Waals surface area contributed by atoms with Crippen LogP contribution in [-0.4, -0.2) is 19.8 Å². The topological polar surface area (TPSA) is 82.2 Å². The second-order valence-electron chi connectivity index (χ2n) is 2.90. The summed E-state index contributed by atoms with van der Waals surface area (Å²) in [6.07, 6.45) is 1.59. The lowest BCUT2D eigenvalue weighted by atomic mass is 10.4. The zero-order valence-electron chi connectivity index (χ0n) is 7.62. The molecule has 15 heavy (non-hydrogen) atoms. The van der Waals surface area contributed by atoms with Crippen molar-refractivity contribution in [2.75, 3.05) is 0 Å². The highest BCUT2D eigenvalue weighted by Gasteiger charge is 2.14. The smallest absolute Gasteiger partial charge is 0.235 e. The molecule has 0 bridgehead atoms. The first-order valence-electron chi connectivity index (χ1n) is 4.33. The Balaban J connectivity index is 2.23. The van der Waals surface area contributed by atoms with Crippen molar-refractivity contribution in [3.63, 3.8) is 0 Å². The molecule has 3 aromatic rings. The summed E-state index contributed by atoms with van der Waals surface area (Å²) in [5.74, 6) is 1.25. The second kappa shape index (κ2) is 3.14. The van der Waals surface area contributed by atoms with Gasteiger partial charge in [-0.25, -0.2) is 0 Å². The third-order valence-electron chi connectivity index (χ3n) is 1.95. The van der Waals surface area contributed by atoms with Crippen LogP contribution in [0, 0.1) is 0 Å². The van der Waals surface area contributed by atoms with E-state index < -0.39 is 0 Å². The predicted molar refractivity (Wildman–Crippen MR) is 54.3 cm³/mol. The molecule has 0 fully saturated rings. The maximum absolute atomic E-state index is 5.50. The van der Waals surface area contributed by atoms with Gasteiger partial charge in [0, 0.05) is 6.54 Å². The quantitative estimate of drug-likeness (QED) is 0.695. The van der Waals surface area contributed by atoms with Gasteiger partial charge in [-0.2, -0.15) is 9.61 Å². The van der Waals surface area contributed by atoms with Gasteiger partial charge in [-0.05, 0) is 12.1 Å². The van der Waals surface area contributed by atoms with E-state index >= 15 is 0 Å². The fraction of sp³-hybridized carbons (Fsp3) is 0.125.